The normalized spacial score (nSPS) is 10.5. The Morgan fingerprint density at radius 2 is 1.69 bits per heavy atom. The molecule has 3 aromatic rings. The van der Waals surface area contributed by atoms with Gasteiger partial charge in [-0.15, -0.1) is 0 Å². The molecule has 1 N–H and O–H groups in total. The highest BCUT2D eigenvalue weighted by Gasteiger charge is 2.08. The molecule has 5 heteroatoms. The van der Waals surface area contributed by atoms with Gasteiger partial charge in [-0.25, -0.2) is 4.39 Å². The number of carbonyl (C=O) groups excluding carboxylic acids is 1. The number of benzene rings is 2. The topological polar surface area (TPSA) is 51.1 Å². The molecule has 0 saturated carbocycles. The van der Waals surface area contributed by atoms with E-state index in [1.54, 1.807) is 18.3 Å². The number of pyridine rings is 1. The monoisotopic (exact) mass is 350 g/mol. The lowest BCUT2D eigenvalue weighted by Crippen LogP contribution is -2.27. The first-order chi connectivity index (χ1) is 12.6. The summed E-state index contributed by atoms with van der Waals surface area (Å²) in [6.07, 6.45) is 3.05. The van der Waals surface area contributed by atoms with E-state index in [1.165, 1.54) is 28.8 Å². The number of amides is 1. The standard InChI is InChI=1S/C21H19FN2O2/c22-18-11-8-16(9-12-18)5-4-14-23-21(26)17-10-13-20(25)24(15-17)19-6-2-1-3-7-19/h1-3,6-13,15H,4-5,14H2,(H,23,26). The Labute approximate surface area is 150 Å². The maximum Gasteiger partial charge on any atom is 0.255 e. The predicted octanol–water partition coefficient (Wildman–Crippen LogP) is 3.34. The maximum absolute atomic E-state index is 12.9. The lowest BCUT2D eigenvalue weighted by atomic mass is 10.1. The minimum absolute atomic E-state index is 0.191. The summed E-state index contributed by atoms with van der Waals surface area (Å²) in [5, 5.41) is 2.85. The van der Waals surface area contributed by atoms with Crippen molar-refractivity contribution < 1.29 is 9.18 Å². The molecule has 0 aliphatic rings. The third kappa shape index (κ3) is 4.45. The van der Waals surface area contributed by atoms with Crippen LogP contribution in [0.3, 0.4) is 0 Å². The number of carbonyl (C=O) groups is 1. The van der Waals surface area contributed by atoms with Crippen molar-refractivity contribution in [1.29, 1.82) is 0 Å². The first-order valence-corrected chi connectivity index (χ1v) is 8.44. The van der Waals surface area contributed by atoms with E-state index in [0.717, 1.165) is 18.4 Å². The zero-order chi connectivity index (χ0) is 18.4. The molecular formula is C21H19FN2O2. The minimum atomic E-state index is -0.254. The van der Waals surface area contributed by atoms with Gasteiger partial charge in [0.25, 0.3) is 11.5 Å². The Morgan fingerprint density at radius 3 is 2.42 bits per heavy atom. The van der Waals surface area contributed by atoms with E-state index in [9.17, 15) is 14.0 Å². The van der Waals surface area contributed by atoms with Gasteiger partial charge in [0.05, 0.1) is 5.56 Å². The number of hydrogen-bond donors (Lipinski definition) is 1. The van der Waals surface area contributed by atoms with Crippen LogP contribution in [0.1, 0.15) is 22.3 Å². The molecule has 0 aliphatic heterocycles. The predicted molar refractivity (Wildman–Crippen MR) is 99.1 cm³/mol. The molecule has 0 unspecified atom stereocenters. The van der Waals surface area contributed by atoms with E-state index in [2.05, 4.69) is 5.32 Å². The summed E-state index contributed by atoms with van der Waals surface area (Å²) in [6.45, 7) is 0.501. The number of aryl methyl sites for hydroxylation is 1. The number of halogens is 1. The van der Waals surface area contributed by atoms with Crippen molar-refractivity contribution in [2.24, 2.45) is 0 Å². The zero-order valence-corrected chi connectivity index (χ0v) is 14.2. The van der Waals surface area contributed by atoms with E-state index < -0.39 is 0 Å². The number of nitrogens with one attached hydrogen (secondary N) is 1. The maximum atomic E-state index is 12.9. The third-order valence-electron chi connectivity index (χ3n) is 4.05. The Morgan fingerprint density at radius 1 is 0.962 bits per heavy atom. The van der Waals surface area contributed by atoms with Gasteiger partial charge in [-0.3, -0.25) is 14.2 Å². The van der Waals surface area contributed by atoms with Crippen LogP contribution in [0.2, 0.25) is 0 Å². The molecule has 1 amide bonds. The summed E-state index contributed by atoms with van der Waals surface area (Å²) < 4.78 is 14.3. The first kappa shape index (κ1) is 17.6. The molecule has 3 rings (SSSR count). The summed E-state index contributed by atoms with van der Waals surface area (Å²) in [6, 6.07) is 18.4. The molecule has 0 bridgehead atoms. The summed E-state index contributed by atoms with van der Waals surface area (Å²) in [5.74, 6) is -0.482. The van der Waals surface area contributed by atoms with Gasteiger partial charge >= 0.3 is 0 Å². The van der Waals surface area contributed by atoms with Crippen LogP contribution in [0.5, 0.6) is 0 Å². The average molecular weight is 350 g/mol. The van der Waals surface area contributed by atoms with Gasteiger partial charge in [-0.05, 0) is 48.7 Å². The Bertz CT molecular complexity index is 934. The van der Waals surface area contributed by atoms with Crippen LogP contribution in [0.15, 0.2) is 77.7 Å². The Balaban J connectivity index is 1.59. The fourth-order valence-electron chi connectivity index (χ4n) is 2.66. The molecule has 4 nitrogen and oxygen atoms in total. The van der Waals surface area contributed by atoms with Gasteiger partial charge < -0.3 is 5.32 Å². The molecule has 1 aromatic heterocycles. The Kier molecular flexibility index (Phi) is 5.59. The second-order valence-electron chi connectivity index (χ2n) is 5.95. The van der Waals surface area contributed by atoms with Crippen LogP contribution < -0.4 is 10.9 Å². The van der Waals surface area contributed by atoms with Crippen LogP contribution in [-0.4, -0.2) is 17.0 Å². The van der Waals surface area contributed by atoms with Crippen molar-refractivity contribution in [2.45, 2.75) is 12.8 Å². The number of para-hydroxylation sites is 1. The number of hydrogen-bond acceptors (Lipinski definition) is 2. The molecular weight excluding hydrogens is 331 g/mol. The van der Waals surface area contributed by atoms with Crippen molar-refractivity contribution in [1.82, 2.24) is 9.88 Å². The molecule has 2 aromatic carbocycles. The van der Waals surface area contributed by atoms with Crippen molar-refractivity contribution in [3.8, 4) is 5.69 Å². The lowest BCUT2D eigenvalue weighted by molar-refractivity contribution is 0.0952. The molecule has 0 saturated heterocycles. The van der Waals surface area contributed by atoms with E-state index in [1.807, 2.05) is 30.3 Å². The van der Waals surface area contributed by atoms with Crippen LogP contribution in [0.25, 0.3) is 5.69 Å². The molecule has 132 valence electrons. The second-order valence-corrected chi connectivity index (χ2v) is 5.95. The van der Waals surface area contributed by atoms with Gasteiger partial charge in [0.15, 0.2) is 0 Å². The first-order valence-electron chi connectivity index (χ1n) is 8.44. The van der Waals surface area contributed by atoms with Gasteiger partial charge in [-0.2, -0.15) is 0 Å². The van der Waals surface area contributed by atoms with Gasteiger partial charge in [0.2, 0.25) is 0 Å². The average Bonchev–Trinajstić information content (AvgIpc) is 2.67. The summed E-state index contributed by atoms with van der Waals surface area (Å²) in [5.41, 5.74) is 1.97. The molecule has 0 atom stereocenters. The third-order valence-corrected chi connectivity index (χ3v) is 4.05. The highest BCUT2D eigenvalue weighted by molar-refractivity contribution is 5.93. The SMILES string of the molecule is O=C(NCCCc1ccc(F)cc1)c1ccc(=O)n(-c2ccccc2)c1. The highest BCUT2D eigenvalue weighted by atomic mass is 19.1. The summed E-state index contributed by atoms with van der Waals surface area (Å²) >= 11 is 0. The largest absolute Gasteiger partial charge is 0.352 e. The second kappa shape index (κ2) is 8.25. The van der Waals surface area contributed by atoms with Crippen molar-refractivity contribution in [3.63, 3.8) is 0 Å². The smallest absolute Gasteiger partial charge is 0.255 e. The van der Waals surface area contributed by atoms with Crippen molar-refractivity contribution >= 4 is 5.91 Å². The number of rotatable bonds is 6. The summed E-state index contributed by atoms with van der Waals surface area (Å²) in [7, 11) is 0. The molecule has 0 aliphatic carbocycles. The van der Waals surface area contributed by atoms with E-state index in [0.29, 0.717) is 17.8 Å². The molecule has 0 fully saturated rings. The van der Waals surface area contributed by atoms with Gasteiger partial charge in [-0.1, -0.05) is 30.3 Å². The molecule has 0 spiro atoms. The fraction of sp³-hybridized carbons (Fsp3) is 0.143. The van der Waals surface area contributed by atoms with Gasteiger partial charge in [0, 0.05) is 24.5 Å². The van der Waals surface area contributed by atoms with Crippen LogP contribution in [-0.2, 0) is 6.42 Å². The molecule has 0 radical (unpaired) electrons. The number of aromatic nitrogens is 1. The van der Waals surface area contributed by atoms with Crippen molar-refractivity contribution in [2.75, 3.05) is 6.54 Å². The summed E-state index contributed by atoms with van der Waals surface area (Å²) in [4.78, 5) is 24.4. The quantitative estimate of drug-likeness (QED) is 0.693. The molecule has 1 heterocycles. The Hall–Kier alpha value is -3.21. The van der Waals surface area contributed by atoms with Crippen molar-refractivity contribution in [3.05, 3.63) is 100 Å². The van der Waals surface area contributed by atoms with Gasteiger partial charge in [0.1, 0.15) is 5.82 Å². The lowest BCUT2D eigenvalue weighted by Gasteiger charge is -2.09. The van der Waals surface area contributed by atoms with Crippen LogP contribution in [0.4, 0.5) is 4.39 Å². The van der Waals surface area contributed by atoms with E-state index in [4.69, 9.17) is 0 Å². The minimum Gasteiger partial charge on any atom is -0.352 e. The number of nitrogens with zero attached hydrogens (tertiary/aromatic N) is 1. The van der Waals surface area contributed by atoms with E-state index in [-0.39, 0.29) is 17.3 Å². The molecule has 26 heavy (non-hydrogen) atoms. The highest BCUT2D eigenvalue weighted by Crippen LogP contribution is 2.07. The fourth-order valence-corrected chi connectivity index (χ4v) is 2.66. The van der Waals surface area contributed by atoms with E-state index >= 15 is 0 Å². The van der Waals surface area contributed by atoms with Crippen LogP contribution >= 0.6 is 0 Å². The van der Waals surface area contributed by atoms with Crippen LogP contribution in [0, 0.1) is 5.82 Å². The zero-order valence-electron chi connectivity index (χ0n) is 14.2.